The van der Waals surface area contributed by atoms with Gasteiger partial charge >= 0.3 is 0 Å². The third-order valence-corrected chi connectivity index (χ3v) is 6.47. The first-order valence-corrected chi connectivity index (χ1v) is 12.3. The van der Waals surface area contributed by atoms with E-state index in [4.69, 9.17) is 4.42 Å². The van der Waals surface area contributed by atoms with Crippen LogP contribution in [0.1, 0.15) is 50.1 Å². The Morgan fingerprint density at radius 1 is 1.11 bits per heavy atom. The predicted molar refractivity (Wildman–Crippen MR) is 138 cm³/mol. The minimum absolute atomic E-state index is 0.0456. The molecule has 2 heterocycles. The average Bonchev–Trinajstić information content (AvgIpc) is 3.52. The minimum Gasteiger partial charge on any atom is -0.467 e. The third kappa shape index (κ3) is 5.82. The summed E-state index contributed by atoms with van der Waals surface area (Å²) in [6.45, 7) is 8.26. The largest absolute Gasteiger partial charge is 0.467 e. The second kappa shape index (κ2) is 10.8. The smallest absolute Gasteiger partial charge is 0.251 e. The summed E-state index contributed by atoms with van der Waals surface area (Å²) in [4.78, 5) is 29.1. The third-order valence-electron chi connectivity index (χ3n) is 6.47. The van der Waals surface area contributed by atoms with Crippen LogP contribution in [-0.4, -0.2) is 43.8 Å². The van der Waals surface area contributed by atoms with Gasteiger partial charge in [-0.1, -0.05) is 54.1 Å². The molecule has 0 aliphatic rings. The van der Waals surface area contributed by atoms with Crippen LogP contribution < -0.4 is 5.32 Å². The molecule has 0 bridgehead atoms. The van der Waals surface area contributed by atoms with Crippen LogP contribution in [0.2, 0.25) is 0 Å². The molecule has 0 unspecified atom stereocenters. The summed E-state index contributed by atoms with van der Waals surface area (Å²) >= 11 is 0. The van der Waals surface area contributed by atoms with Gasteiger partial charge in [-0.25, -0.2) is 4.68 Å². The van der Waals surface area contributed by atoms with Crippen molar-refractivity contribution in [2.45, 2.75) is 58.7 Å². The number of carbonyl (C=O) groups is 2. The fourth-order valence-electron chi connectivity index (χ4n) is 4.13. The number of nitrogens with one attached hydrogen (secondary N) is 1. The lowest BCUT2D eigenvalue weighted by molar-refractivity contribution is -0.142. The minimum atomic E-state index is -0.919. The zero-order valence-electron chi connectivity index (χ0n) is 21.3. The lowest BCUT2D eigenvalue weighted by atomic mass is 10.0. The van der Waals surface area contributed by atoms with Gasteiger partial charge in [0.25, 0.3) is 5.91 Å². The fraction of sp³-hybridized carbons (Fsp3) is 0.357. The molecule has 2 aromatic carbocycles. The maximum Gasteiger partial charge on any atom is 0.251 e. The van der Waals surface area contributed by atoms with Crippen LogP contribution in [0.3, 0.4) is 0 Å². The molecule has 0 fully saturated rings. The van der Waals surface area contributed by atoms with Crippen LogP contribution in [-0.2, 0) is 22.6 Å². The number of rotatable bonds is 10. The quantitative estimate of drug-likeness (QED) is 0.357. The van der Waals surface area contributed by atoms with Crippen molar-refractivity contribution < 1.29 is 14.0 Å². The Morgan fingerprint density at radius 2 is 1.92 bits per heavy atom. The van der Waals surface area contributed by atoms with E-state index in [0.29, 0.717) is 24.2 Å². The summed E-state index contributed by atoms with van der Waals surface area (Å²) in [5.74, 6) is -0.109. The van der Waals surface area contributed by atoms with Gasteiger partial charge in [-0.2, -0.15) is 0 Å². The molecule has 4 aromatic rings. The zero-order valence-corrected chi connectivity index (χ0v) is 21.3. The van der Waals surface area contributed by atoms with Gasteiger partial charge in [0.1, 0.15) is 17.8 Å². The molecule has 0 saturated carbocycles. The molecular weight excluding hydrogens is 454 g/mol. The maximum atomic E-state index is 13.8. The molecule has 4 rings (SSSR count). The number of amides is 2. The van der Waals surface area contributed by atoms with Crippen molar-refractivity contribution in [1.29, 1.82) is 0 Å². The highest BCUT2D eigenvalue weighted by Gasteiger charge is 2.35. The van der Waals surface area contributed by atoms with Crippen LogP contribution >= 0.6 is 0 Å². The number of hydrogen-bond donors (Lipinski definition) is 1. The van der Waals surface area contributed by atoms with Crippen LogP contribution in [0.25, 0.3) is 11.0 Å². The molecule has 1 atom stereocenters. The second-order valence-electron chi connectivity index (χ2n) is 9.71. The van der Waals surface area contributed by atoms with E-state index < -0.39 is 11.6 Å². The number of nitrogens with zero attached hydrogens (tertiary/aromatic N) is 4. The van der Waals surface area contributed by atoms with Crippen LogP contribution in [0.5, 0.6) is 0 Å². The van der Waals surface area contributed by atoms with Crippen molar-refractivity contribution in [3.8, 4) is 0 Å². The molecule has 8 heteroatoms. The highest BCUT2D eigenvalue weighted by Crippen LogP contribution is 2.25. The number of furan rings is 1. The Kier molecular flexibility index (Phi) is 7.52. The number of aryl methyl sites for hydroxylation is 1. The Bertz CT molecular complexity index is 1330. The first kappa shape index (κ1) is 25.2. The number of benzene rings is 2. The molecule has 188 valence electrons. The van der Waals surface area contributed by atoms with Gasteiger partial charge in [-0.15, -0.1) is 5.10 Å². The van der Waals surface area contributed by atoms with Crippen molar-refractivity contribution in [1.82, 2.24) is 25.2 Å². The van der Waals surface area contributed by atoms with Gasteiger partial charge in [0.15, 0.2) is 6.04 Å². The van der Waals surface area contributed by atoms with Crippen molar-refractivity contribution in [2.24, 2.45) is 0 Å². The van der Waals surface area contributed by atoms with E-state index in [1.54, 1.807) is 21.7 Å². The normalized spacial score (nSPS) is 12.4. The lowest BCUT2D eigenvalue weighted by Gasteiger charge is -2.33. The number of aromatic nitrogens is 3. The summed E-state index contributed by atoms with van der Waals surface area (Å²) in [6.07, 6.45) is 2.85. The molecule has 1 N–H and O–H groups in total. The van der Waals surface area contributed by atoms with E-state index in [0.717, 1.165) is 23.1 Å². The SMILES string of the molecule is CCC(C)(C)NC(=O)[C@@H](c1ccco1)N(CCc1cccc(C)c1)C(=O)Cn1nnc2ccccc21. The van der Waals surface area contributed by atoms with Crippen molar-refractivity contribution in [2.75, 3.05) is 6.54 Å². The van der Waals surface area contributed by atoms with Gasteiger partial charge in [0.05, 0.1) is 11.8 Å². The molecule has 0 radical (unpaired) electrons. The van der Waals surface area contributed by atoms with Crippen molar-refractivity contribution >= 4 is 22.8 Å². The van der Waals surface area contributed by atoms with E-state index in [2.05, 4.69) is 21.7 Å². The highest BCUT2D eigenvalue weighted by molar-refractivity contribution is 5.89. The molecular formula is C28H33N5O3. The van der Waals surface area contributed by atoms with E-state index in [-0.39, 0.29) is 18.4 Å². The van der Waals surface area contributed by atoms with Gasteiger partial charge in [-0.05, 0) is 63.4 Å². The summed E-state index contributed by atoms with van der Waals surface area (Å²) < 4.78 is 7.26. The first-order valence-electron chi connectivity index (χ1n) is 12.3. The molecule has 0 aliphatic carbocycles. The lowest BCUT2D eigenvalue weighted by Crippen LogP contribution is -2.51. The van der Waals surface area contributed by atoms with E-state index in [9.17, 15) is 9.59 Å². The van der Waals surface area contributed by atoms with Crippen molar-refractivity contribution in [3.63, 3.8) is 0 Å². The number of carbonyl (C=O) groups excluding carboxylic acids is 2. The maximum absolute atomic E-state index is 13.8. The molecule has 0 saturated heterocycles. The average molecular weight is 488 g/mol. The van der Waals surface area contributed by atoms with Crippen molar-refractivity contribution in [3.05, 3.63) is 83.8 Å². The fourth-order valence-corrected chi connectivity index (χ4v) is 4.13. The molecule has 2 amide bonds. The van der Waals surface area contributed by atoms with E-state index in [1.807, 2.05) is 70.2 Å². The molecule has 8 nitrogen and oxygen atoms in total. The summed E-state index contributed by atoms with van der Waals surface area (Å²) in [6, 6.07) is 18.2. The zero-order chi connectivity index (χ0) is 25.7. The summed E-state index contributed by atoms with van der Waals surface area (Å²) in [5, 5.41) is 11.4. The van der Waals surface area contributed by atoms with Crippen LogP contribution in [0.4, 0.5) is 0 Å². The van der Waals surface area contributed by atoms with E-state index >= 15 is 0 Å². The molecule has 36 heavy (non-hydrogen) atoms. The number of para-hydroxylation sites is 1. The van der Waals surface area contributed by atoms with Gasteiger partial charge in [-0.3, -0.25) is 9.59 Å². The van der Waals surface area contributed by atoms with Gasteiger partial charge in [0.2, 0.25) is 5.91 Å². The Labute approximate surface area is 211 Å². The van der Waals surface area contributed by atoms with E-state index in [1.165, 1.54) is 6.26 Å². The Morgan fingerprint density at radius 3 is 2.64 bits per heavy atom. The monoisotopic (exact) mass is 487 g/mol. The highest BCUT2D eigenvalue weighted by atomic mass is 16.3. The number of fused-ring (bicyclic) bond motifs is 1. The summed E-state index contributed by atoms with van der Waals surface area (Å²) in [5.41, 5.74) is 3.27. The topological polar surface area (TPSA) is 93.3 Å². The van der Waals surface area contributed by atoms with Crippen LogP contribution in [0.15, 0.2) is 71.3 Å². The molecule has 0 spiro atoms. The Hall–Kier alpha value is -3.94. The standard InChI is InChI=1S/C28H33N5O3/c1-5-28(3,4)29-27(35)26(24-14-9-17-36-24)32(16-15-21-11-8-10-20(2)18-21)25(34)19-33-23-13-7-6-12-22(23)30-31-33/h6-14,17-18,26H,5,15-16,19H2,1-4H3,(H,29,35)/t26-/m1/s1. The first-order chi connectivity index (χ1) is 17.3. The second-order valence-corrected chi connectivity index (χ2v) is 9.71. The van der Waals surface area contributed by atoms with Gasteiger partial charge < -0.3 is 14.6 Å². The van der Waals surface area contributed by atoms with Gasteiger partial charge in [0, 0.05) is 12.1 Å². The number of hydrogen-bond acceptors (Lipinski definition) is 5. The molecule has 2 aromatic heterocycles. The summed E-state index contributed by atoms with van der Waals surface area (Å²) in [7, 11) is 0. The van der Waals surface area contributed by atoms with Crippen LogP contribution in [0, 0.1) is 6.92 Å². The molecule has 0 aliphatic heterocycles. The predicted octanol–water partition coefficient (Wildman–Crippen LogP) is 4.45. The Balaban J connectivity index is 1.68.